The quantitative estimate of drug-likeness (QED) is 0.176. The van der Waals surface area contributed by atoms with Gasteiger partial charge in [-0.1, -0.05) is 84.9 Å². The van der Waals surface area contributed by atoms with Crippen LogP contribution in [0.2, 0.25) is 0 Å². The zero-order chi connectivity index (χ0) is 32.1. The number of rotatable bonds is 2. The molecule has 0 unspecified atom stereocenters. The second kappa shape index (κ2) is 10.1. The van der Waals surface area contributed by atoms with E-state index in [2.05, 4.69) is 121 Å². The Hall–Kier alpha value is -6.30. The lowest BCUT2D eigenvalue weighted by atomic mass is 9.94. The number of hydrogen-bond acceptors (Lipinski definition) is 5. The zero-order valence-electron chi connectivity index (χ0n) is 26.1. The maximum absolute atomic E-state index is 4.80. The van der Waals surface area contributed by atoms with E-state index in [0.29, 0.717) is 0 Å². The first-order valence-electron chi connectivity index (χ1n) is 16.4. The molecule has 3 heterocycles. The van der Waals surface area contributed by atoms with Crippen molar-refractivity contribution in [2.24, 2.45) is 0 Å². The van der Waals surface area contributed by atoms with Crippen LogP contribution < -0.4 is 0 Å². The highest BCUT2D eigenvalue weighted by Gasteiger charge is 2.15. The lowest BCUT2D eigenvalue weighted by Gasteiger charge is -2.11. The van der Waals surface area contributed by atoms with E-state index in [-0.39, 0.29) is 0 Å². The van der Waals surface area contributed by atoms with Crippen molar-refractivity contribution in [3.05, 3.63) is 146 Å². The van der Waals surface area contributed by atoms with E-state index < -0.39 is 0 Å². The Morgan fingerprint density at radius 3 is 1.04 bits per heavy atom. The van der Waals surface area contributed by atoms with Gasteiger partial charge in [-0.25, -0.2) is 0 Å². The summed E-state index contributed by atoms with van der Waals surface area (Å²) < 4.78 is 2.57. The molecule has 0 radical (unpaired) electrons. The van der Waals surface area contributed by atoms with Gasteiger partial charge in [0, 0.05) is 66.5 Å². The monoisotopic (exact) mass is 640 g/mol. The van der Waals surface area contributed by atoms with Gasteiger partial charge in [0.1, 0.15) is 0 Å². The van der Waals surface area contributed by atoms with Crippen LogP contribution in [-0.2, 0) is 0 Å². The summed E-state index contributed by atoms with van der Waals surface area (Å²) in [5, 5.41) is 11.8. The number of hydrogen-bond donors (Lipinski definition) is 0. The van der Waals surface area contributed by atoms with Crippen LogP contribution in [-0.4, -0.2) is 19.9 Å². The number of thiophene rings is 1. The molecule has 11 aromatic rings. The summed E-state index contributed by atoms with van der Waals surface area (Å²) in [5.74, 6) is 0. The molecule has 226 valence electrons. The van der Waals surface area contributed by atoms with Gasteiger partial charge >= 0.3 is 0 Å². The van der Waals surface area contributed by atoms with E-state index in [9.17, 15) is 0 Å². The van der Waals surface area contributed by atoms with Crippen LogP contribution in [0.1, 0.15) is 0 Å². The van der Waals surface area contributed by atoms with Crippen LogP contribution in [0.4, 0.5) is 0 Å². The Bertz CT molecular complexity index is 2900. The van der Waals surface area contributed by atoms with E-state index in [1.165, 1.54) is 64.0 Å². The zero-order valence-corrected chi connectivity index (χ0v) is 26.9. The molecule has 0 aliphatic carbocycles. The first kappa shape index (κ1) is 26.7. The molecule has 0 aliphatic rings. The van der Waals surface area contributed by atoms with E-state index in [1.807, 2.05) is 11.3 Å². The van der Waals surface area contributed by atoms with Crippen LogP contribution in [0.5, 0.6) is 0 Å². The predicted octanol–water partition coefficient (Wildman–Crippen LogP) is 11.9. The largest absolute Gasteiger partial charge is 0.252 e. The first-order chi connectivity index (χ1) is 24.3. The molecule has 0 saturated carbocycles. The molecule has 11 rings (SSSR count). The van der Waals surface area contributed by atoms with Gasteiger partial charge in [0.2, 0.25) is 0 Å². The Morgan fingerprint density at radius 1 is 0.286 bits per heavy atom. The van der Waals surface area contributed by atoms with Crippen LogP contribution in [0.25, 0.3) is 108 Å². The van der Waals surface area contributed by atoms with Crippen molar-refractivity contribution >= 4 is 96.7 Å². The molecule has 0 saturated heterocycles. The molecule has 0 bridgehead atoms. The van der Waals surface area contributed by atoms with Crippen LogP contribution in [0.15, 0.2) is 146 Å². The molecule has 5 heteroatoms. The van der Waals surface area contributed by atoms with Crippen molar-refractivity contribution in [1.29, 1.82) is 0 Å². The smallest absolute Gasteiger partial charge is 0.0971 e. The third kappa shape index (κ3) is 3.91. The maximum Gasteiger partial charge on any atom is 0.0971 e. The number of nitrogens with zero attached hydrogens (tertiary/aromatic N) is 4. The second-order valence-electron chi connectivity index (χ2n) is 12.6. The highest BCUT2D eigenvalue weighted by molar-refractivity contribution is 7.25. The molecule has 0 fully saturated rings. The molecule has 0 atom stereocenters. The van der Waals surface area contributed by atoms with E-state index in [1.54, 1.807) is 24.8 Å². The molecular weight excluding hydrogens is 617 g/mol. The van der Waals surface area contributed by atoms with Crippen molar-refractivity contribution in [2.75, 3.05) is 0 Å². The summed E-state index contributed by atoms with van der Waals surface area (Å²) in [7, 11) is 0. The molecular formula is C44H24N4S. The SMILES string of the molecule is c1ccc2c(c1)c1ccc(-c3ccc4sc5ccc(-c6ccc7c8ccccc8c8nccnc8c7c6)cc5c4c3)cc1c1nccnc21. The third-order valence-corrected chi connectivity index (χ3v) is 11.2. The second-order valence-corrected chi connectivity index (χ2v) is 13.7. The van der Waals surface area contributed by atoms with Gasteiger partial charge in [-0.2, -0.15) is 0 Å². The normalized spacial score (nSPS) is 12.1. The minimum atomic E-state index is 0.937. The lowest BCUT2D eigenvalue weighted by molar-refractivity contribution is 1.31. The Balaban J connectivity index is 1.08. The molecule has 0 aliphatic heterocycles. The molecule has 4 nitrogen and oxygen atoms in total. The van der Waals surface area contributed by atoms with Crippen LogP contribution in [0, 0.1) is 0 Å². The molecule has 0 spiro atoms. The fourth-order valence-electron chi connectivity index (χ4n) is 7.76. The number of benzene rings is 8. The maximum atomic E-state index is 4.80. The first-order valence-corrected chi connectivity index (χ1v) is 17.2. The molecule has 0 N–H and O–H groups in total. The number of aromatic nitrogens is 4. The van der Waals surface area contributed by atoms with Gasteiger partial charge in [-0.05, 0) is 80.2 Å². The predicted molar refractivity (Wildman–Crippen MR) is 206 cm³/mol. The van der Waals surface area contributed by atoms with E-state index >= 15 is 0 Å². The minimum absolute atomic E-state index is 0.937. The fourth-order valence-corrected chi connectivity index (χ4v) is 8.83. The summed E-state index contributed by atoms with van der Waals surface area (Å²) in [6, 6.07) is 44.2. The van der Waals surface area contributed by atoms with Gasteiger partial charge in [-0.15, -0.1) is 11.3 Å². The highest BCUT2D eigenvalue weighted by Crippen LogP contribution is 2.41. The highest BCUT2D eigenvalue weighted by atomic mass is 32.1. The Labute approximate surface area is 284 Å². The van der Waals surface area contributed by atoms with E-state index in [4.69, 9.17) is 19.9 Å². The van der Waals surface area contributed by atoms with Crippen molar-refractivity contribution in [2.45, 2.75) is 0 Å². The minimum Gasteiger partial charge on any atom is -0.252 e. The average molecular weight is 641 g/mol. The van der Waals surface area contributed by atoms with Crippen LogP contribution >= 0.6 is 11.3 Å². The standard InChI is InChI=1S/C44H24N4S/c1-3-7-33-29(5-1)31-13-9-25(23-37(31)43-41(33)45-17-19-47-43)27-11-15-39-35(21-27)36-22-28(12-16-40(36)49-39)26-10-14-32-30-6-2-4-8-34(30)42-44(38(32)24-26)48-20-18-46-42/h1-24H. The molecule has 0 amide bonds. The summed E-state index contributed by atoms with van der Waals surface area (Å²) in [4.78, 5) is 19.1. The van der Waals surface area contributed by atoms with Crippen LogP contribution in [0.3, 0.4) is 0 Å². The molecule has 49 heavy (non-hydrogen) atoms. The summed E-state index contributed by atoms with van der Waals surface area (Å²) in [6.45, 7) is 0. The van der Waals surface area contributed by atoms with Crippen molar-refractivity contribution < 1.29 is 0 Å². The summed E-state index contributed by atoms with van der Waals surface area (Å²) in [5.41, 5.74) is 8.47. The topological polar surface area (TPSA) is 51.6 Å². The van der Waals surface area contributed by atoms with Gasteiger partial charge in [0.15, 0.2) is 0 Å². The lowest BCUT2D eigenvalue weighted by Crippen LogP contribution is -1.89. The summed E-state index contributed by atoms with van der Waals surface area (Å²) in [6.07, 6.45) is 7.14. The van der Waals surface area contributed by atoms with Gasteiger partial charge in [0.25, 0.3) is 0 Å². The van der Waals surface area contributed by atoms with Gasteiger partial charge in [0.05, 0.1) is 22.1 Å². The number of fused-ring (bicyclic) bond motifs is 15. The molecule has 8 aromatic carbocycles. The third-order valence-electron chi connectivity index (χ3n) is 10.0. The Kier molecular flexibility index (Phi) is 5.51. The Morgan fingerprint density at radius 2 is 0.612 bits per heavy atom. The van der Waals surface area contributed by atoms with Crippen molar-refractivity contribution in [3.8, 4) is 22.3 Å². The van der Waals surface area contributed by atoms with E-state index in [0.717, 1.165) is 43.6 Å². The van der Waals surface area contributed by atoms with Crippen molar-refractivity contribution in [1.82, 2.24) is 19.9 Å². The average Bonchev–Trinajstić information content (AvgIpc) is 3.55. The molecule has 3 aromatic heterocycles. The summed E-state index contributed by atoms with van der Waals surface area (Å²) >= 11 is 1.84. The fraction of sp³-hybridized carbons (Fsp3) is 0. The van der Waals surface area contributed by atoms with Crippen molar-refractivity contribution in [3.63, 3.8) is 0 Å². The van der Waals surface area contributed by atoms with Gasteiger partial charge in [-0.3, -0.25) is 19.9 Å². The van der Waals surface area contributed by atoms with Gasteiger partial charge < -0.3 is 0 Å².